The summed E-state index contributed by atoms with van der Waals surface area (Å²) in [5.74, 6) is -0.202. The van der Waals surface area contributed by atoms with Gasteiger partial charge in [-0.15, -0.1) is 11.3 Å². The minimum absolute atomic E-state index is 0.202. The fraction of sp³-hybridized carbons (Fsp3) is 0.529. The van der Waals surface area contributed by atoms with E-state index in [1.54, 1.807) is 0 Å². The number of amides is 1. The number of nitrogens with one attached hydrogen (secondary N) is 1. The Bertz CT molecular complexity index is 717. The van der Waals surface area contributed by atoms with Gasteiger partial charge in [-0.1, -0.05) is 6.92 Å². The van der Waals surface area contributed by atoms with E-state index in [4.69, 9.17) is 9.47 Å². The highest BCUT2D eigenvalue weighted by Crippen LogP contribution is 2.30. The van der Waals surface area contributed by atoms with Crippen molar-refractivity contribution < 1.29 is 14.3 Å². The topological polar surface area (TPSA) is 65.4 Å². The van der Waals surface area contributed by atoms with Crippen molar-refractivity contribution in [3.8, 4) is 11.3 Å². The van der Waals surface area contributed by atoms with Gasteiger partial charge in [0.1, 0.15) is 0 Å². The molecule has 0 saturated carbocycles. The van der Waals surface area contributed by atoms with Crippen molar-refractivity contribution in [1.82, 2.24) is 9.55 Å². The minimum Gasteiger partial charge on any atom is -0.376 e. The van der Waals surface area contributed by atoms with Gasteiger partial charge < -0.3 is 14.0 Å². The quantitative estimate of drug-likeness (QED) is 0.901. The molecule has 0 spiro atoms. The molecule has 3 heterocycles. The number of aromatic nitrogens is 2. The number of anilines is 1. The molecule has 1 saturated heterocycles. The number of hydrogen-bond donors (Lipinski definition) is 1. The number of carbonyl (C=O) groups is 1. The number of ether oxygens (including phenoxy) is 2. The van der Waals surface area contributed by atoms with Crippen LogP contribution in [0.15, 0.2) is 11.4 Å². The molecule has 1 fully saturated rings. The summed E-state index contributed by atoms with van der Waals surface area (Å²) in [5.41, 5.74) is 4.46. The molecular formula is C17H23N3O3S. The predicted molar refractivity (Wildman–Crippen MR) is 94.5 cm³/mol. The fourth-order valence-corrected chi connectivity index (χ4v) is 3.62. The molecular weight excluding hydrogens is 326 g/mol. The molecule has 130 valence electrons. The Morgan fingerprint density at radius 3 is 3.00 bits per heavy atom. The van der Waals surface area contributed by atoms with Gasteiger partial charge in [-0.05, 0) is 26.3 Å². The molecule has 6 nitrogen and oxygen atoms in total. The molecule has 2 aromatic rings. The zero-order chi connectivity index (χ0) is 17.1. The zero-order valence-corrected chi connectivity index (χ0v) is 15.1. The number of aryl methyl sites for hydroxylation is 1. The summed E-state index contributed by atoms with van der Waals surface area (Å²) in [6.07, 6.45) is 0.540. The highest BCUT2D eigenvalue weighted by Gasteiger charge is 2.23. The second-order valence-electron chi connectivity index (χ2n) is 5.90. The Hall–Kier alpha value is -1.70. The average Bonchev–Trinajstić information content (AvgIpc) is 3.15. The normalized spacial score (nSPS) is 17.9. The summed E-state index contributed by atoms with van der Waals surface area (Å²) < 4.78 is 13.0. The molecule has 1 aliphatic rings. The Morgan fingerprint density at radius 2 is 2.29 bits per heavy atom. The molecule has 7 heteroatoms. The van der Waals surface area contributed by atoms with E-state index in [9.17, 15) is 4.79 Å². The number of nitrogens with zero attached hydrogens (tertiary/aromatic N) is 2. The molecule has 0 aromatic carbocycles. The van der Waals surface area contributed by atoms with Crippen molar-refractivity contribution >= 4 is 22.4 Å². The van der Waals surface area contributed by atoms with Crippen LogP contribution in [0, 0.1) is 13.8 Å². The molecule has 3 rings (SSSR count). The predicted octanol–water partition coefficient (Wildman–Crippen LogP) is 2.99. The third-order valence-electron chi connectivity index (χ3n) is 4.14. The number of hydrogen-bond acceptors (Lipinski definition) is 5. The van der Waals surface area contributed by atoms with E-state index in [2.05, 4.69) is 41.7 Å². The lowest BCUT2D eigenvalue weighted by atomic mass is 10.2. The highest BCUT2D eigenvalue weighted by atomic mass is 32.1. The van der Waals surface area contributed by atoms with Crippen LogP contribution in [0.2, 0.25) is 0 Å². The van der Waals surface area contributed by atoms with Gasteiger partial charge >= 0.3 is 0 Å². The van der Waals surface area contributed by atoms with E-state index >= 15 is 0 Å². The van der Waals surface area contributed by atoms with Crippen molar-refractivity contribution in [1.29, 1.82) is 0 Å². The first-order valence-corrected chi connectivity index (χ1v) is 9.11. The van der Waals surface area contributed by atoms with Crippen LogP contribution < -0.4 is 5.32 Å². The molecule has 1 atom stereocenters. The SMILES string of the molecule is CCCn1c(C)cc(-c2csc(NC(=O)[C@@H]3COCCO3)n2)c1C. The zero-order valence-electron chi connectivity index (χ0n) is 14.3. The van der Waals surface area contributed by atoms with Gasteiger partial charge in [0.05, 0.1) is 25.5 Å². The molecule has 24 heavy (non-hydrogen) atoms. The number of thiazole rings is 1. The van der Waals surface area contributed by atoms with Gasteiger partial charge in [0, 0.05) is 28.9 Å². The lowest BCUT2D eigenvalue weighted by Gasteiger charge is -2.21. The van der Waals surface area contributed by atoms with Gasteiger partial charge in [0.25, 0.3) is 5.91 Å². The van der Waals surface area contributed by atoms with Gasteiger partial charge in [-0.2, -0.15) is 0 Å². The molecule has 0 bridgehead atoms. The lowest BCUT2D eigenvalue weighted by Crippen LogP contribution is -2.39. The lowest BCUT2D eigenvalue weighted by molar-refractivity contribution is -0.142. The monoisotopic (exact) mass is 349 g/mol. The molecule has 0 unspecified atom stereocenters. The summed E-state index contributed by atoms with van der Waals surface area (Å²) in [6.45, 7) is 8.69. The molecule has 1 N–H and O–H groups in total. The van der Waals surface area contributed by atoms with Crippen molar-refractivity contribution in [2.75, 3.05) is 25.1 Å². The van der Waals surface area contributed by atoms with Crippen LogP contribution >= 0.6 is 11.3 Å². The summed E-state index contributed by atoms with van der Waals surface area (Å²) in [5, 5.41) is 5.39. The third-order valence-corrected chi connectivity index (χ3v) is 4.90. The van der Waals surface area contributed by atoms with Crippen LogP contribution in [0.3, 0.4) is 0 Å². The van der Waals surface area contributed by atoms with Gasteiger partial charge in [-0.25, -0.2) is 4.98 Å². The van der Waals surface area contributed by atoms with Crippen LogP contribution in [0.1, 0.15) is 24.7 Å². The van der Waals surface area contributed by atoms with Crippen molar-refractivity contribution in [3.63, 3.8) is 0 Å². The maximum atomic E-state index is 12.2. The third kappa shape index (κ3) is 3.53. The van der Waals surface area contributed by atoms with E-state index < -0.39 is 6.10 Å². The van der Waals surface area contributed by atoms with E-state index in [-0.39, 0.29) is 5.91 Å². The first-order chi connectivity index (χ1) is 11.6. The second-order valence-corrected chi connectivity index (χ2v) is 6.76. The second kappa shape index (κ2) is 7.46. The standard InChI is InChI=1S/C17H23N3O3S/c1-4-5-20-11(2)8-13(12(20)3)14-10-24-17(18-14)19-16(21)15-9-22-6-7-23-15/h8,10,15H,4-7,9H2,1-3H3,(H,18,19,21)/t15-/m0/s1. The van der Waals surface area contributed by atoms with E-state index in [1.165, 1.54) is 22.7 Å². The van der Waals surface area contributed by atoms with Gasteiger partial charge in [0.2, 0.25) is 0 Å². The Morgan fingerprint density at radius 1 is 1.46 bits per heavy atom. The largest absolute Gasteiger partial charge is 0.376 e. The first kappa shape index (κ1) is 17.1. The Balaban J connectivity index is 1.73. The summed E-state index contributed by atoms with van der Waals surface area (Å²) in [6, 6.07) is 2.16. The molecule has 2 aromatic heterocycles. The maximum absolute atomic E-state index is 12.2. The molecule has 1 amide bonds. The van der Waals surface area contributed by atoms with Crippen LogP contribution in [0.5, 0.6) is 0 Å². The van der Waals surface area contributed by atoms with E-state index in [0.29, 0.717) is 25.0 Å². The summed E-state index contributed by atoms with van der Waals surface area (Å²) in [7, 11) is 0. The molecule has 1 aliphatic heterocycles. The van der Waals surface area contributed by atoms with Gasteiger partial charge in [0.15, 0.2) is 11.2 Å². The van der Waals surface area contributed by atoms with E-state index in [1.807, 2.05) is 5.38 Å². The molecule has 0 radical (unpaired) electrons. The Kier molecular flexibility index (Phi) is 5.33. The maximum Gasteiger partial charge on any atom is 0.257 e. The highest BCUT2D eigenvalue weighted by molar-refractivity contribution is 7.14. The summed E-state index contributed by atoms with van der Waals surface area (Å²) >= 11 is 1.43. The number of carbonyl (C=O) groups excluding carboxylic acids is 1. The van der Waals surface area contributed by atoms with Gasteiger partial charge in [-0.3, -0.25) is 10.1 Å². The number of rotatable bonds is 5. The summed E-state index contributed by atoms with van der Waals surface area (Å²) in [4.78, 5) is 16.7. The average molecular weight is 349 g/mol. The first-order valence-electron chi connectivity index (χ1n) is 8.23. The van der Waals surface area contributed by atoms with Crippen molar-refractivity contribution in [2.24, 2.45) is 0 Å². The fourth-order valence-electron chi connectivity index (χ4n) is 2.91. The van der Waals surface area contributed by atoms with Crippen LogP contribution in [0.4, 0.5) is 5.13 Å². The van der Waals surface area contributed by atoms with Crippen molar-refractivity contribution in [2.45, 2.75) is 39.8 Å². The smallest absolute Gasteiger partial charge is 0.257 e. The minimum atomic E-state index is -0.555. The van der Waals surface area contributed by atoms with Crippen LogP contribution in [-0.4, -0.2) is 41.4 Å². The van der Waals surface area contributed by atoms with Crippen molar-refractivity contribution in [3.05, 3.63) is 22.8 Å². The van der Waals surface area contributed by atoms with Crippen LogP contribution in [-0.2, 0) is 20.8 Å². The Labute approximate surface area is 145 Å². The molecule has 0 aliphatic carbocycles. The van der Waals surface area contributed by atoms with Crippen LogP contribution in [0.25, 0.3) is 11.3 Å². The van der Waals surface area contributed by atoms with E-state index in [0.717, 1.165) is 24.2 Å².